The number of fused-ring (bicyclic) bond motifs is 8. The number of nitrogens with zero attached hydrogens (tertiary/aromatic N) is 1. The molecule has 13 atom stereocenters. The number of ether oxygens (including phenoxy) is 1. The van der Waals surface area contributed by atoms with E-state index in [1.54, 1.807) is 0 Å². The predicted molar refractivity (Wildman–Crippen MR) is 131 cm³/mol. The van der Waals surface area contributed by atoms with Crippen LogP contribution in [0.5, 0.6) is 0 Å². The highest BCUT2D eigenvalue weighted by Crippen LogP contribution is 2.68. The maximum absolute atomic E-state index is 12.4. The molecule has 2 saturated heterocycles. The number of carbonyl (C=O) groups is 1. The number of aliphatic hydroxyl groups excluding tert-OH is 1. The van der Waals surface area contributed by atoms with Gasteiger partial charge in [0.2, 0.25) is 0 Å². The topological polar surface area (TPSA) is 70.0 Å². The largest absolute Gasteiger partial charge is 0.463 e. The lowest BCUT2D eigenvalue weighted by molar-refractivity contribution is -0.182. The highest BCUT2D eigenvalue weighted by Gasteiger charge is 2.68. The lowest BCUT2D eigenvalue weighted by Crippen LogP contribution is -2.62. The average Bonchev–Trinajstić information content (AvgIpc) is 3.08. The minimum Gasteiger partial charge on any atom is -0.463 e. The van der Waals surface area contributed by atoms with Crippen LogP contribution in [0, 0.1) is 52.8 Å². The van der Waals surface area contributed by atoms with Gasteiger partial charge in [0.25, 0.3) is 0 Å². The molecule has 2 N–H and O–H groups in total. The van der Waals surface area contributed by atoms with E-state index in [1.165, 1.54) is 32.9 Å². The fourth-order valence-electron chi connectivity index (χ4n) is 10.9. The summed E-state index contributed by atoms with van der Waals surface area (Å²) in [7, 11) is 0. The SMILES string of the molecule is CC(=O)OC1CCC2(C)C(C1)C(O)CC1C2CC2C3CN4CC(C)CCC4C(C)C3CCC21O. The van der Waals surface area contributed by atoms with E-state index in [9.17, 15) is 15.0 Å². The molecule has 0 radical (unpaired) electrons. The van der Waals surface area contributed by atoms with Gasteiger partial charge in [-0.2, -0.15) is 0 Å². The van der Waals surface area contributed by atoms with Crippen LogP contribution in [-0.4, -0.2) is 58.0 Å². The summed E-state index contributed by atoms with van der Waals surface area (Å²) in [5.41, 5.74) is -0.578. The Hall–Kier alpha value is -0.650. The van der Waals surface area contributed by atoms with Crippen LogP contribution >= 0.6 is 0 Å². The van der Waals surface area contributed by atoms with Crippen molar-refractivity contribution in [3.05, 3.63) is 0 Å². The highest BCUT2D eigenvalue weighted by atomic mass is 16.5. The Kier molecular flexibility index (Phi) is 5.71. The Balaban J connectivity index is 1.27. The zero-order chi connectivity index (χ0) is 24.0. The van der Waals surface area contributed by atoms with Gasteiger partial charge in [-0.1, -0.05) is 20.8 Å². The third-order valence-corrected chi connectivity index (χ3v) is 12.4. The van der Waals surface area contributed by atoms with E-state index in [0.29, 0.717) is 17.8 Å². The molecule has 34 heavy (non-hydrogen) atoms. The quantitative estimate of drug-likeness (QED) is 0.557. The van der Waals surface area contributed by atoms with Crippen LogP contribution in [0.25, 0.3) is 0 Å². The third-order valence-electron chi connectivity index (χ3n) is 12.4. The van der Waals surface area contributed by atoms with Crippen molar-refractivity contribution in [1.29, 1.82) is 0 Å². The first-order valence-electron chi connectivity index (χ1n) is 14.4. The van der Waals surface area contributed by atoms with Gasteiger partial charge in [-0.3, -0.25) is 9.69 Å². The normalized spacial score (nSPS) is 56.9. The van der Waals surface area contributed by atoms with E-state index < -0.39 is 11.7 Å². The number of rotatable bonds is 1. The van der Waals surface area contributed by atoms with E-state index in [-0.39, 0.29) is 29.3 Å². The van der Waals surface area contributed by atoms with Crippen LogP contribution in [0.15, 0.2) is 0 Å². The van der Waals surface area contributed by atoms with Crippen molar-refractivity contribution < 1.29 is 19.7 Å². The van der Waals surface area contributed by atoms with Crippen molar-refractivity contribution in [2.24, 2.45) is 52.8 Å². The molecule has 2 heterocycles. The maximum Gasteiger partial charge on any atom is 0.302 e. The number of aliphatic hydroxyl groups is 2. The van der Waals surface area contributed by atoms with Gasteiger partial charge in [0.15, 0.2) is 0 Å². The molecule has 192 valence electrons. The number of piperidine rings is 2. The van der Waals surface area contributed by atoms with Crippen molar-refractivity contribution in [2.75, 3.05) is 13.1 Å². The van der Waals surface area contributed by atoms with Crippen LogP contribution in [0.2, 0.25) is 0 Å². The second-order valence-corrected chi connectivity index (χ2v) is 13.9. The summed E-state index contributed by atoms with van der Waals surface area (Å²) in [5.74, 6) is 3.88. The molecule has 6 aliphatic rings. The molecule has 2 aliphatic heterocycles. The Morgan fingerprint density at radius 3 is 2.47 bits per heavy atom. The minimum atomic E-state index is -0.610. The van der Waals surface area contributed by atoms with E-state index in [2.05, 4.69) is 25.7 Å². The number of esters is 1. The summed E-state index contributed by atoms with van der Waals surface area (Å²) < 4.78 is 5.60. The summed E-state index contributed by atoms with van der Waals surface area (Å²) in [6, 6.07) is 0.743. The van der Waals surface area contributed by atoms with E-state index in [1.807, 2.05) is 0 Å². The molecule has 6 rings (SSSR count). The molecule has 0 aromatic rings. The number of hydrogen-bond donors (Lipinski definition) is 2. The van der Waals surface area contributed by atoms with E-state index in [0.717, 1.165) is 68.7 Å². The molecular weight excluding hydrogens is 426 g/mol. The van der Waals surface area contributed by atoms with Crippen molar-refractivity contribution in [2.45, 2.75) is 109 Å². The molecule has 6 fully saturated rings. The zero-order valence-corrected chi connectivity index (χ0v) is 21.8. The van der Waals surface area contributed by atoms with Gasteiger partial charge in [0, 0.05) is 26.1 Å². The molecule has 5 heteroatoms. The number of carbonyl (C=O) groups excluding carboxylic acids is 1. The van der Waals surface area contributed by atoms with Gasteiger partial charge >= 0.3 is 5.97 Å². The fraction of sp³-hybridized carbons (Fsp3) is 0.966. The van der Waals surface area contributed by atoms with Gasteiger partial charge in [-0.15, -0.1) is 0 Å². The minimum absolute atomic E-state index is 0.0318. The standard InChI is InChI=1S/C29H47NO4/c1-16-5-6-26-17(2)20-8-10-29(33)22(21(20)15-30(26)14-16)12-23-24(29)13-27(32)25-11-19(34-18(3)31)7-9-28(23,25)4/h16-17,19-27,32-33H,5-15H2,1-4H3. The lowest BCUT2D eigenvalue weighted by Gasteiger charge is -2.59. The van der Waals surface area contributed by atoms with Crippen LogP contribution in [0.3, 0.4) is 0 Å². The van der Waals surface area contributed by atoms with E-state index >= 15 is 0 Å². The fourth-order valence-corrected chi connectivity index (χ4v) is 10.9. The molecule has 0 bridgehead atoms. The van der Waals surface area contributed by atoms with Crippen molar-refractivity contribution in [3.8, 4) is 0 Å². The molecule has 4 saturated carbocycles. The van der Waals surface area contributed by atoms with E-state index in [4.69, 9.17) is 4.74 Å². The molecule has 4 aliphatic carbocycles. The van der Waals surface area contributed by atoms with Gasteiger partial charge in [-0.05, 0) is 111 Å². The molecule has 0 spiro atoms. The Labute approximate surface area is 206 Å². The molecule has 0 aromatic carbocycles. The van der Waals surface area contributed by atoms with Gasteiger partial charge in [0.05, 0.1) is 11.7 Å². The Morgan fingerprint density at radius 1 is 0.912 bits per heavy atom. The van der Waals surface area contributed by atoms with Crippen LogP contribution in [-0.2, 0) is 9.53 Å². The predicted octanol–water partition coefficient (Wildman–Crippen LogP) is 4.25. The highest BCUT2D eigenvalue weighted by molar-refractivity contribution is 5.66. The second kappa shape index (κ2) is 8.18. The van der Waals surface area contributed by atoms with Crippen molar-refractivity contribution >= 4 is 5.97 Å². The third kappa shape index (κ3) is 3.39. The molecule has 5 nitrogen and oxygen atoms in total. The Bertz CT molecular complexity index is 816. The smallest absolute Gasteiger partial charge is 0.302 e. The summed E-state index contributed by atoms with van der Waals surface area (Å²) in [6.45, 7) is 11.2. The molecule has 0 amide bonds. The van der Waals surface area contributed by atoms with Gasteiger partial charge in [-0.25, -0.2) is 0 Å². The van der Waals surface area contributed by atoms with Crippen molar-refractivity contribution in [3.63, 3.8) is 0 Å². The summed E-state index contributed by atoms with van der Waals surface area (Å²) in [5, 5.41) is 23.7. The number of hydrogen-bond acceptors (Lipinski definition) is 5. The average molecular weight is 474 g/mol. The van der Waals surface area contributed by atoms with Crippen molar-refractivity contribution in [1.82, 2.24) is 4.90 Å². The summed E-state index contributed by atoms with van der Waals surface area (Å²) in [6.07, 6.45) is 8.85. The monoisotopic (exact) mass is 473 g/mol. The Morgan fingerprint density at radius 2 is 1.71 bits per heavy atom. The maximum atomic E-state index is 12.4. The molecule has 13 unspecified atom stereocenters. The second-order valence-electron chi connectivity index (χ2n) is 13.9. The van der Waals surface area contributed by atoms with Gasteiger partial charge < -0.3 is 14.9 Å². The summed E-state index contributed by atoms with van der Waals surface area (Å²) >= 11 is 0. The molecular formula is C29H47NO4. The van der Waals surface area contributed by atoms with Crippen LogP contribution in [0.4, 0.5) is 0 Å². The first kappa shape index (κ1) is 23.7. The lowest BCUT2D eigenvalue weighted by atomic mass is 9.50. The molecule has 0 aromatic heterocycles. The van der Waals surface area contributed by atoms with Crippen LogP contribution in [0.1, 0.15) is 85.5 Å². The first-order chi connectivity index (χ1) is 16.1. The first-order valence-corrected chi connectivity index (χ1v) is 14.4. The zero-order valence-electron chi connectivity index (χ0n) is 21.8. The summed E-state index contributed by atoms with van der Waals surface area (Å²) in [4.78, 5) is 14.4. The van der Waals surface area contributed by atoms with Gasteiger partial charge in [0.1, 0.15) is 6.10 Å². The van der Waals surface area contributed by atoms with Crippen LogP contribution < -0.4 is 0 Å².